The third-order valence-corrected chi connectivity index (χ3v) is 3.73. The number of hydrogen-bond acceptors (Lipinski definition) is 2. The van der Waals surface area contributed by atoms with E-state index < -0.39 is 0 Å². The Balaban J connectivity index is 0.00000484. The predicted octanol–water partition coefficient (Wildman–Crippen LogP) is 3.15. The van der Waals surface area contributed by atoms with Crippen molar-refractivity contribution in [1.82, 2.24) is 15.5 Å². The van der Waals surface area contributed by atoms with Crippen LogP contribution < -0.4 is 10.6 Å². The molecule has 0 saturated carbocycles. The zero-order chi connectivity index (χ0) is 16.5. The quantitative estimate of drug-likeness (QED) is 0.392. The summed E-state index contributed by atoms with van der Waals surface area (Å²) < 4.78 is 13.2. The Labute approximate surface area is 157 Å². The monoisotopic (exact) mass is 436 g/mol. The first kappa shape index (κ1) is 22.1. The molecule has 0 aromatic heterocycles. The van der Waals surface area contributed by atoms with E-state index in [4.69, 9.17) is 0 Å². The van der Waals surface area contributed by atoms with Crippen molar-refractivity contribution in [1.29, 1.82) is 0 Å². The average molecular weight is 436 g/mol. The maximum atomic E-state index is 13.2. The van der Waals surface area contributed by atoms with E-state index in [9.17, 15) is 4.39 Å². The molecule has 0 bridgehead atoms. The van der Waals surface area contributed by atoms with E-state index in [1.165, 1.54) is 6.07 Å². The number of halogens is 2. The lowest BCUT2D eigenvalue weighted by Crippen LogP contribution is -2.42. The molecule has 0 saturated heterocycles. The fourth-order valence-electron chi connectivity index (χ4n) is 2.32. The summed E-state index contributed by atoms with van der Waals surface area (Å²) in [6, 6.07) is 5.70. The van der Waals surface area contributed by atoms with Gasteiger partial charge in [0.15, 0.2) is 5.96 Å². The minimum absolute atomic E-state index is 0. The Hall–Kier alpha value is -0.890. The number of hydrogen-bond donors (Lipinski definition) is 2. The summed E-state index contributed by atoms with van der Waals surface area (Å²) in [6.45, 7) is 11.8. The van der Waals surface area contributed by atoms with Crippen LogP contribution in [0.3, 0.4) is 0 Å². The molecule has 4 nitrogen and oxygen atoms in total. The van der Waals surface area contributed by atoms with Gasteiger partial charge in [-0.05, 0) is 44.5 Å². The van der Waals surface area contributed by atoms with Gasteiger partial charge in [-0.15, -0.1) is 24.0 Å². The van der Waals surface area contributed by atoms with Crippen molar-refractivity contribution in [3.8, 4) is 0 Å². The highest BCUT2D eigenvalue weighted by molar-refractivity contribution is 14.0. The summed E-state index contributed by atoms with van der Waals surface area (Å²) in [4.78, 5) is 6.60. The SMILES string of the molecule is CCN(CCNC(=NC)NCc1ccc(F)c(C)c1)C(C)C.I. The Morgan fingerprint density at radius 3 is 2.52 bits per heavy atom. The van der Waals surface area contributed by atoms with Gasteiger partial charge in [-0.25, -0.2) is 4.39 Å². The number of nitrogens with one attached hydrogen (secondary N) is 2. The Bertz CT molecular complexity index is 491. The van der Waals surface area contributed by atoms with Crippen molar-refractivity contribution in [2.75, 3.05) is 26.7 Å². The maximum absolute atomic E-state index is 13.2. The van der Waals surface area contributed by atoms with E-state index in [0.29, 0.717) is 18.2 Å². The number of aryl methyl sites for hydroxylation is 1. The Morgan fingerprint density at radius 2 is 2.00 bits per heavy atom. The van der Waals surface area contributed by atoms with Gasteiger partial charge in [0.1, 0.15) is 5.82 Å². The van der Waals surface area contributed by atoms with Crippen LogP contribution in [0.5, 0.6) is 0 Å². The minimum Gasteiger partial charge on any atom is -0.355 e. The van der Waals surface area contributed by atoms with Crippen LogP contribution in [0, 0.1) is 12.7 Å². The molecule has 1 aromatic rings. The molecule has 2 N–H and O–H groups in total. The number of likely N-dealkylation sites (N-methyl/N-ethyl adjacent to an activating group) is 1. The molecule has 0 fully saturated rings. The minimum atomic E-state index is -0.167. The van der Waals surface area contributed by atoms with E-state index in [0.717, 1.165) is 31.2 Å². The van der Waals surface area contributed by atoms with Crippen LogP contribution in [-0.2, 0) is 6.54 Å². The van der Waals surface area contributed by atoms with Gasteiger partial charge >= 0.3 is 0 Å². The second-order valence-corrected chi connectivity index (χ2v) is 5.66. The molecular formula is C17H30FIN4. The van der Waals surface area contributed by atoms with E-state index in [2.05, 4.69) is 41.3 Å². The van der Waals surface area contributed by atoms with Crippen molar-refractivity contribution in [3.63, 3.8) is 0 Å². The van der Waals surface area contributed by atoms with Gasteiger partial charge in [-0.1, -0.05) is 19.1 Å². The standard InChI is InChI=1S/C17H29FN4.HI/c1-6-22(13(2)3)10-9-20-17(19-5)21-12-15-7-8-16(18)14(4)11-15;/h7-8,11,13H,6,9-10,12H2,1-5H3,(H2,19,20,21);1H. The molecule has 6 heteroatoms. The lowest BCUT2D eigenvalue weighted by Gasteiger charge is -2.25. The number of aliphatic imine (C=N–C) groups is 1. The maximum Gasteiger partial charge on any atom is 0.191 e. The summed E-state index contributed by atoms with van der Waals surface area (Å²) in [5.74, 6) is 0.599. The second-order valence-electron chi connectivity index (χ2n) is 5.66. The molecule has 0 heterocycles. The topological polar surface area (TPSA) is 39.7 Å². The summed E-state index contributed by atoms with van der Waals surface area (Å²) in [6.07, 6.45) is 0. The second kappa shape index (κ2) is 11.6. The lowest BCUT2D eigenvalue weighted by atomic mass is 10.1. The third-order valence-electron chi connectivity index (χ3n) is 3.73. The molecule has 0 aliphatic heterocycles. The van der Waals surface area contributed by atoms with E-state index in [1.807, 2.05) is 6.07 Å². The molecule has 1 aromatic carbocycles. The first-order chi connectivity index (χ1) is 10.5. The summed E-state index contributed by atoms with van der Waals surface area (Å²) in [5, 5.41) is 6.56. The van der Waals surface area contributed by atoms with Crippen molar-refractivity contribution < 1.29 is 4.39 Å². The molecule has 0 aliphatic carbocycles. The van der Waals surface area contributed by atoms with Gasteiger partial charge in [-0.3, -0.25) is 9.89 Å². The summed E-state index contributed by atoms with van der Waals surface area (Å²) >= 11 is 0. The van der Waals surface area contributed by atoms with Gasteiger partial charge < -0.3 is 10.6 Å². The summed E-state index contributed by atoms with van der Waals surface area (Å²) in [7, 11) is 1.76. The van der Waals surface area contributed by atoms with Gasteiger partial charge in [0, 0.05) is 32.7 Å². The zero-order valence-electron chi connectivity index (χ0n) is 14.8. The highest BCUT2D eigenvalue weighted by Crippen LogP contribution is 2.08. The van der Waals surface area contributed by atoms with Crippen molar-refractivity contribution in [3.05, 3.63) is 35.1 Å². The smallest absolute Gasteiger partial charge is 0.191 e. The molecule has 132 valence electrons. The van der Waals surface area contributed by atoms with Crippen molar-refractivity contribution >= 4 is 29.9 Å². The van der Waals surface area contributed by atoms with Gasteiger partial charge in [-0.2, -0.15) is 0 Å². The van der Waals surface area contributed by atoms with Crippen LogP contribution in [-0.4, -0.2) is 43.6 Å². The fraction of sp³-hybridized carbons (Fsp3) is 0.588. The molecule has 0 aliphatic rings. The molecule has 0 amide bonds. The van der Waals surface area contributed by atoms with Crippen LogP contribution in [0.15, 0.2) is 23.2 Å². The van der Waals surface area contributed by atoms with Gasteiger partial charge in [0.2, 0.25) is 0 Å². The highest BCUT2D eigenvalue weighted by Gasteiger charge is 2.06. The predicted molar refractivity (Wildman–Crippen MR) is 107 cm³/mol. The lowest BCUT2D eigenvalue weighted by molar-refractivity contribution is 0.237. The number of rotatable bonds is 7. The number of nitrogens with zero attached hydrogens (tertiary/aromatic N) is 2. The zero-order valence-corrected chi connectivity index (χ0v) is 17.1. The van der Waals surface area contributed by atoms with Crippen molar-refractivity contribution in [2.24, 2.45) is 4.99 Å². The van der Waals surface area contributed by atoms with E-state index in [-0.39, 0.29) is 29.8 Å². The largest absolute Gasteiger partial charge is 0.355 e. The van der Waals surface area contributed by atoms with Crippen molar-refractivity contribution in [2.45, 2.75) is 40.3 Å². The summed E-state index contributed by atoms with van der Waals surface area (Å²) in [5.41, 5.74) is 1.71. The molecule has 0 radical (unpaired) electrons. The molecule has 1 rings (SSSR count). The molecular weight excluding hydrogens is 406 g/mol. The molecule has 23 heavy (non-hydrogen) atoms. The number of benzene rings is 1. The average Bonchev–Trinajstić information content (AvgIpc) is 2.49. The van der Waals surface area contributed by atoms with Crippen LogP contribution in [0.1, 0.15) is 31.9 Å². The number of guanidine groups is 1. The fourth-order valence-corrected chi connectivity index (χ4v) is 2.32. The van der Waals surface area contributed by atoms with Crippen LogP contribution in [0.25, 0.3) is 0 Å². The molecule has 0 atom stereocenters. The van der Waals surface area contributed by atoms with Gasteiger partial charge in [0.25, 0.3) is 0 Å². The van der Waals surface area contributed by atoms with E-state index in [1.54, 1.807) is 20.0 Å². The third kappa shape index (κ3) is 7.97. The van der Waals surface area contributed by atoms with Crippen LogP contribution in [0.4, 0.5) is 4.39 Å². The first-order valence-corrected chi connectivity index (χ1v) is 7.91. The Kier molecular flexibility index (Phi) is 11.2. The molecule has 0 spiro atoms. The van der Waals surface area contributed by atoms with Crippen LogP contribution in [0.2, 0.25) is 0 Å². The first-order valence-electron chi connectivity index (χ1n) is 7.91. The molecule has 0 unspecified atom stereocenters. The van der Waals surface area contributed by atoms with Crippen LogP contribution >= 0.6 is 24.0 Å². The highest BCUT2D eigenvalue weighted by atomic mass is 127. The van der Waals surface area contributed by atoms with E-state index >= 15 is 0 Å². The normalized spacial score (nSPS) is 11.6. The van der Waals surface area contributed by atoms with Gasteiger partial charge in [0.05, 0.1) is 0 Å². The Morgan fingerprint density at radius 1 is 1.30 bits per heavy atom.